The van der Waals surface area contributed by atoms with E-state index < -0.39 is 5.38 Å². The van der Waals surface area contributed by atoms with Gasteiger partial charge in [-0.2, -0.15) is 0 Å². The first-order valence-corrected chi connectivity index (χ1v) is 6.04. The Balaban J connectivity index is 3.42. The van der Waals surface area contributed by atoms with E-state index in [1.807, 2.05) is 6.92 Å². The lowest BCUT2D eigenvalue weighted by atomic mass is 10.3. The highest BCUT2D eigenvalue weighted by atomic mass is 35.5. The Labute approximate surface area is 97.1 Å². The third-order valence-corrected chi connectivity index (χ3v) is 2.21. The molecule has 0 heterocycles. The number of ether oxygens (including phenoxy) is 2. The monoisotopic (exact) mass is 236 g/mol. The van der Waals surface area contributed by atoms with Gasteiger partial charge in [-0.05, 0) is 12.8 Å². The zero-order valence-electron chi connectivity index (χ0n) is 9.63. The first-order chi connectivity index (χ1) is 7.22. The summed E-state index contributed by atoms with van der Waals surface area (Å²) in [5.41, 5.74) is 0. The van der Waals surface area contributed by atoms with Crippen molar-refractivity contribution in [3.63, 3.8) is 0 Å². The van der Waals surface area contributed by atoms with Crippen molar-refractivity contribution in [1.29, 1.82) is 0 Å². The topological polar surface area (TPSA) is 35.5 Å². The molecule has 0 aromatic carbocycles. The quantitative estimate of drug-likeness (QED) is 0.351. The second-order valence-electron chi connectivity index (χ2n) is 3.42. The molecule has 0 saturated heterocycles. The summed E-state index contributed by atoms with van der Waals surface area (Å²) in [6.07, 6.45) is 3.96. The van der Waals surface area contributed by atoms with Crippen LogP contribution < -0.4 is 0 Å². The van der Waals surface area contributed by atoms with Crippen LogP contribution in [0.3, 0.4) is 0 Å². The van der Waals surface area contributed by atoms with Crippen molar-refractivity contribution in [2.45, 2.75) is 44.9 Å². The first-order valence-electron chi connectivity index (χ1n) is 5.60. The third-order valence-electron chi connectivity index (χ3n) is 1.90. The van der Waals surface area contributed by atoms with Crippen molar-refractivity contribution in [3.8, 4) is 0 Å². The largest absolute Gasteiger partial charge is 0.465 e. The number of hydrogen-bond donors (Lipinski definition) is 0. The van der Waals surface area contributed by atoms with E-state index >= 15 is 0 Å². The maximum atomic E-state index is 11.2. The van der Waals surface area contributed by atoms with Gasteiger partial charge in [-0.3, -0.25) is 4.79 Å². The smallest absolute Gasteiger partial charge is 0.326 e. The molecule has 0 aromatic rings. The van der Waals surface area contributed by atoms with Gasteiger partial charge in [-0.1, -0.05) is 26.7 Å². The molecule has 1 unspecified atom stereocenters. The molecule has 0 saturated carbocycles. The zero-order valence-corrected chi connectivity index (χ0v) is 10.4. The maximum absolute atomic E-state index is 11.2. The normalized spacial score (nSPS) is 12.5. The van der Waals surface area contributed by atoms with E-state index in [1.54, 1.807) is 0 Å². The standard InChI is InChI=1S/C11H21ClO3/c1-3-5-7-14-9-10(12)11(13)15-8-6-4-2/h10H,3-9H2,1-2H3. The summed E-state index contributed by atoms with van der Waals surface area (Å²) >= 11 is 5.79. The number of rotatable bonds is 9. The van der Waals surface area contributed by atoms with Crippen LogP contribution in [0.15, 0.2) is 0 Å². The molecule has 90 valence electrons. The Morgan fingerprint density at radius 2 is 1.80 bits per heavy atom. The van der Waals surface area contributed by atoms with Crippen LogP contribution in [0.2, 0.25) is 0 Å². The van der Waals surface area contributed by atoms with Gasteiger partial charge in [-0.15, -0.1) is 11.6 Å². The number of unbranched alkanes of at least 4 members (excludes halogenated alkanes) is 2. The molecule has 0 amide bonds. The molecule has 0 fully saturated rings. The van der Waals surface area contributed by atoms with E-state index in [9.17, 15) is 4.79 Å². The van der Waals surface area contributed by atoms with Crippen molar-refractivity contribution in [2.24, 2.45) is 0 Å². The van der Waals surface area contributed by atoms with Crippen LogP contribution >= 0.6 is 11.6 Å². The highest BCUT2D eigenvalue weighted by Crippen LogP contribution is 2.02. The van der Waals surface area contributed by atoms with Crippen LogP contribution in [0, 0.1) is 0 Å². The summed E-state index contributed by atoms with van der Waals surface area (Å²) < 4.78 is 10.2. The third kappa shape index (κ3) is 8.70. The summed E-state index contributed by atoms with van der Waals surface area (Å²) in [6, 6.07) is 0. The van der Waals surface area contributed by atoms with Crippen LogP contribution in [-0.4, -0.2) is 31.2 Å². The van der Waals surface area contributed by atoms with E-state index in [4.69, 9.17) is 21.1 Å². The molecule has 0 aliphatic rings. The van der Waals surface area contributed by atoms with Crippen molar-refractivity contribution in [3.05, 3.63) is 0 Å². The average molecular weight is 237 g/mol. The van der Waals surface area contributed by atoms with Gasteiger partial charge < -0.3 is 9.47 Å². The Morgan fingerprint density at radius 1 is 1.20 bits per heavy atom. The van der Waals surface area contributed by atoms with Gasteiger partial charge in [0, 0.05) is 6.61 Å². The molecule has 4 heteroatoms. The minimum atomic E-state index is -0.668. The summed E-state index contributed by atoms with van der Waals surface area (Å²) in [5.74, 6) is -0.374. The zero-order chi connectivity index (χ0) is 11.5. The Bertz CT molecular complexity index is 162. The molecule has 0 bridgehead atoms. The van der Waals surface area contributed by atoms with Crippen LogP contribution in [-0.2, 0) is 14.3 Å². The number of alkyl halides is 1. The van der Waals surface area contributed by atoms with Crippen molar-refractivity contribution in [1.82, 2.24) is 0 Å². The lowest BCUT2D eigenvalue weighted by Crippen LogP contribution is -2.23. The van der Waals surface area contributed by atoms with E-state index in [0.717, 1.165) is 25.7 Å². The van der Waals surface area contributed by atoms with Crippen molar-refractivity contribution in [2.75, 3.05) is 19.8 Å². The van der Waals surface area contributed by atoms with Crippen LogP contribution in [0.25, 0.3) is 0 Å². The summed E-state index contributed by atoms with van der Waals surface area (Å²) in [7, 11) is 0. The Kier molecular flexibility index (Phi) is 10.1. The minimum Gasteiger partial charge on any atom is -0.465 e. The molecular weight excluding hydrogens is 216 g/mol. The highest BCUT2D eigenvalue weighted by molar-refractivity contribution is 6.30. The molecule has 1 atom stereocenters. The van der Waals surface area contributed by atoms with Gasteiger partial charge >= 0.3 is 5.97 Å². The van der Waals surface area contributed by atoms with Gasteiger partial charge in [-0.25, -0.2) is 0 Å². The molecule has 0 aliphatic heterocycles. The predicted molar refractivity (Wildman–Crippen MR) is 61.2 cm³/mol. The first kappa shape index (κ1) is 14.7. The van der Waals surface area contributed by atoms with Crippen molar-refractivity contribution < 1.29 is 14.3 Å². The van der Waals surface area contributed by atoms with E-state index in [1.165, 1.54) is 0 Å². The van der Waals surface area contributed by atoms with Gasteiger partial charge in [0.05, 0.1) is 13.2 Å². The van der Waals surface area contributed by atoms with Gasteiger partial charge in [0.15, 0.2) is 5.38 Å². The summed E-state index contributed by atoms with van der Waals surface area (Å²) in [6.45, 7) is 5.47. The fourth-order valence-electron chi connectivity index (χ4n) is 0.909. The van der Waals surface area contributed by atoms with Crippen LogP contribution in [0.1, 0.15) is 39.5 Å². The van der Waals surface area contributed by atoms with Gasteiger partial charge in [0.25, 0.3) is 0 Å². The molecule has 0 radical (unpaired) electrons. The SMILES string of the molecule is CCCCOCC(Cl)C(=O)OCCCC. The fraction of sp³-hybridized carbons (Fsp3) is 0.909. The lowest BCUT2D eigenvalue weighted by Gasteiger charge is -2.09. The minimum absolute atomic E-state index is 0.243. The van der Waals surface area contributed by atoms with Gasteiger partial charge in [0.1, 0.15) is 0 Å². The highest BCUT2D eigenvalue weighted by Gasteiger charge is 2.16. The summed E-state index contributed by atoms with van der Waals surface area (Å²) in [4.78, 5) is 11.2. The number of halogens is 1. The maximum Gasteiger partial charge on any atom is 0.326 e. The van der Waals surface area contributed by atoms with E-state index in [0.29, 0.717) is 13.2 Å². The Hall–Kier alpha value is -0.280. The number of carbonyl (C=O) groups is 1. The number of hydrogen-bond acceptors (Lipinski definition) is 3. The summed E-state index contributed by atoms with van der Waals surface area (Å²) in [5, 5.41) is -0.668. The molecule has 15 heavy (non-hydrogen) atoms. The molecule has 0 rings (SSSR count). The van der Waals surface area contributed by atoms with E-state index in [-0.39, 0.29) is 12.6 Å². The van der Waals surface area contributed by atoms with Crippen LogP contribution in [0.4, 0.5) is 0 Å². The lowest BCUT2D eigenvalue weighted by molar-refractivity contribution is -0.144. The average Bonchev–Trinajstić information content (AvgIpc) is 2.24. The molecule has 0 spiro atoms. The number of esters is 1. The molecule has 0 aromatic heterocycles. The predicted octanol–water partition coefficient (Wildman–Crippen LogP) is 2.75. The second kappa shape index (κ2) is 10.2. The van der Waals surface area contributed by atoms with Crippen LogP contribution in [0.5, 0.6) is 0 Å². The molecule has 0 aliphatic carbocycles. The Morgan fingerprint density at radius 3 is 2.40 bits per heavy atom. The van der Waals surface area contributed by atoms with Crippen molar-refractivity contribution >= 4 is 17.6 Å². The van der Waals surface area contributed by atoms with E-state index in [2.05, 4.69) is 6.92 Å². The number of carbonyl (C=O) groups excluding carboxylic acids is 1. The second-order valence-corrected chi connectivity index (χ2v) is 3.94. The molecular formula is C11H21ClO3. The fourth-order valence-corrected chi connectivity index (χ4v) is 1.06. The van der Waals surface area contributed by atoms with Gasteiger partial charge in [0.2, 0.25) is 0 Å². The molecule has 3 nitrogen and oxygen atoms in total. The molecule has 0 N–H and O–H groups in total.